The summed E-state index contributed by atoms with van der Waals surface area (Å²) in [6.07, 6.45) is -3.78. The Labute approximate surface area is 199 Å². The van der Waals surface area contributed by atoms with Crippen LogP contribution in [0.25, 0.3) is 0 Å². The van der Waals surface area contributed by atoms with Crippen LogP contribution < -0.4 is 15.2 Å². The molecule has 1 aromatic carbocycles. The van der Waals surface area contributed by atoms with Gasteiger partial charge in [-0.1, -0.05) is 26.8 Å². The SMILES string of the molecule is COCCCOc1cc(CC(CC(N)C(O)CC(C)C(=O)O)C(C)C)ccc1OCC(F)(F)F. The van der Waals surface area contributed by atoms with Crippen LogP contribution in [0.3, 0.4) is 0 Å². The largest absolute Gasteiger partial charge is 0.490 e. The van der Waals surface area contributed by atoms with Crippen LogP contribution in [0.4, 0.5) is 13.2 Å². The molecule has 0 heterocycles. The molecule has 0 fully saturated rings. The summed E-state index contributed by atoms with van der Waals surface area (Å²) in [4.78, 5) is 11.1. The number of aliphatic carboxylic acids is 1. The molecule has 0 bridgehead atoms. The van der Waals surface area contributed by atoms with Gasteiger partial charge in [-0.05, 0) is 48.8 Å². The van der Waals surface area contributed by atoms with Crippen LogP contribution in [-0.4, -0.2) is 61.4 Å². The lowest BCUT2D eigenvalue weighted by molar-refractivity contribution is -0.153. The summed E-state index contributed by atoms with van der Waals surface area (Å²) in [7, 11) is 1.55. The molecule has 0 aliphatic heterocycles. The van der Waals surface area contributed by atoms with Crippen LogP contribution >= 0.6 is 0 Å². The Morgan fingerprint density at radius 2 is 1.76 bits per heavy atom. The maximum Gasteiger partial charge on any atom is 0.422 e. The molecule has 0 amide bonds. The van der Waals surface area contributed by atoms with Gasteiger partial charge >= 0.3 is 12.1 Å². The summed E-state index contributed by atoms with van der Waals surface area (Å²) in [5.41, 5.74) is 7.01. The number of hydrogen-bond donors (Lipinski definition) is 3. The second-order valence-corrected chi connectivity index (χ2v) is 9.03. The molecule has 1 rings (SSSR count). The van der Waals surface area contributed by atoms with Crippen molar-refractivity contribution in [1.29, 1.82) is 0 Å². The van der Waals surface area contributed by atoms with E-state index in [2.05, 4.69) is 0 Å². The third-order valence-electron chi connectivity index (χ3n) is 5.68. The number of ether oxygens (including phenoxy) is 3. The van der Waals surface area contributed by atoms with E-state index >= 15 is 0 Å². The number of carboxylic acids is 1. The number of methoxy groups -OCH3 is 1. The van der Waals surface area contributed by atoms with Crippen LogP contribution in [0, 0.1) is 17.8 Å². The number of hydrogen-bond acceptors (Lipinski definition) is 6. The third-order valence-corrected chi connectivity index (χ3v) is 5.68. The third kappa shape index (κ3) is 11.4. The Kier molecular flexibility index (Phi) is 12.7. The fourth-order valence-electron chi connectivity index (χ4n) is 3.49. The maximum atomic E-state index is 12.6. The van der Waals surface area contributed by atoms with Crippen molar-refractivity contribution >= 4 is 5.97 Å². The number of nitrogens with two attached hydrogens (primary N) is 1. The summed E-state index contributed by atoms with van der Waals surface area (Å²) in [6.45, 7) is 4.85. The molecule has 34 heavy (non-hydrogen) atoms. The minimum Gasteiger partial charge on any atom is -0.490 e. The van der Waals surface area contributed by atoms with Crippen molar-refractivity contribution in [1.82, 2.24) is 0 Å². The fraction of sp³-hybridized carbons (Fsp3) is 0.708. The molecule has 0 radical (unpaired) electrons. The van der Waals surface area contributed by atoms with E-state index < -0.39 is 36.8 Å². The molecule has 0 saturated heterocycles. The van der Waals surface area contributed by atoms with Crippen LogP contribution in [-0.2, 0) is 16.0 Å². The Bertz CT molecular complexity index is 744. The summed E-state index contributed by atoms with van der Waals surface area (Å²) >= 11 is 0. The van der Waals surface area contributed by atoms with Gasteiger partial charge in [-0.15, -0.1) is 0 Å². The van der Waals surface area contributed by atoms with Crippen molar-refractivity contribution in [3.8, 4) is 11.5 Å². The number of aliphatic hydroxyl groups excluding tert-OH is 1. The van der Waals surface area contributed by atoms with Gasteiger partial charge in [0.1, 0.15) is 0 Å². The lowest BCUT2D eigenvalue weighted by atomic mass is 9.82. The minimum absolute atomic E-state index is 0.00868. The van der Waals surface area contributed by atoms with Gasteiger partial charge in [-0.3, -0.25) is 4.79 Å². The van der Waals surface area contributed by atoms with Gasteiger partial charge in [0.15, 0.2) is 18.1 Å². The zero-order valence-corrected chi connectivity index (χ0v) is 20.3. The van der Waals surface area contributed by atoms with Crippen LogP contribution in [0.2, 0.25) is 0 Å². The van der Waals surface area contributed by atoms with Crippen molar-refractivity contribution in [2.75, 3.05) is 26.9 Å². The zero-order valence-electron chi connectivity index (χ0n) is 20.3. The molecule has 4 unspecified atom stereocenters. The fourth-order valence-corrected chi connectivity index (χ4v) is 3.49. The van der Waals surface area contributed by atoms with Crippen molar-refractivity contribution < 1.29 is 42.4 Å². The molecule has 7 nitrogen and oxygen atoms in total. The quantitative estimate of drug-likeness (QED) is 0.298. The molecule has 10 heteroatoms. The molecule has 0 aliphatic rings. The first-order chi connectivity index (χ1) is 15.8. The summed E-state index contributed by atoms with van der Waals surface area (Å²) < 4.78 is 53.5. The number of alkyl halides is 3. The minimum atomic E-state index is -4.47. The van der Waals surface area contributed by atoms with E-state index in [1.807, 2.05) is 13.8 Å². The van der Waals surface area contributed by atoms with E-state index in [4.69, 9.17) is 25.1 Å². The average Bonchev–Trinajstić information content (AvgIpc) is 2.74. The van der Waals surface area contributed by atoms with E-state index in [1.54, 1.807) is 19.2 Å². The van der Waals surface area contributed by atoms with E-state index in [1.165, 1.54) is 13.0 Å². The second-order valence-electron chi connectivity index (χ2n) is 9.03. The van der Waals surface area contributed by atoms with Gasteiger partial charge in [0, 0.05) is 26.2 Å². The molecule has 4 atom stereocenters. The highest BCUT2D eigenvalue weighted by Crippen LogP contribution is 2.33. The van der Waals surface area contributed by atoms with Crippen molar-refractivity contribution in [2.45, 2.75) is 64.8 Å². The van der Waals surface area contributed by atoms with Crippen LogP contribution in [0.5, 0.6) is 11.5 Å². The van der Waals surface area contributed by atoms with Gasteiger partial charge in [-0.2, -0.15) is 13.2 Å². The highest BCUT2D eigenvalue weighted by molar-refractivity contribution is 5.69. The van der Waals surface area contributed by atoms with E-state index in [0.29, 0.717) is 25.9 Å². The molecule has 0 saturated carbocycles. The van der Waals surface area contributed by atoms with Crippen molar-refractivity contribution in [3.63, 3.8) is 0 Å². The van der Waals surface area contributed by atoms with E-state index in [0.717, 1.165) is 5.56 Å². The Morgan fingerprint density at radius 1 is 1.09 bits per heavy atom. The van der Waals surface area contributed by atoms with Crippen molar-refractivity contribution in [2.24, 2.45) is 23.5 Å². The lowest BCUT2D eigenvalue weighted by Gasteiger charge is -2.28. The lowest BCUT2D eigenvalue weighted by Crippen LogP contribution is -2.39. The normalized spacial score (nSPS) is 15.6. The van der Waals surface area contributed by atoms with Gasteiger partial charge in [0.25, 0.3) is 0 Å². The number of carboxylic acid groups (broad SMARTS) is 1. The standard InChI is InChI=1S/C24H38F3NO6/c1-15(2)18(13-19(28)20(29)10-16(3)23(30)31)11-17-6-7-21(34-14-24(25,26)27)22(12-17)33-9-5-8-32-4/h6-7,12,15-16,18-20,29H,5,8-11,13-14,28H2,1-4H3,(H,30,31). The molecular formula is C24H38F3NO6. The average molecular weight is 494 g/mol. The molecule has 0 aliphatic carbocycles. The Hall–Kier alpha value is -2.04. The molecule has 1 aromatic rings. The molecule has 0 aromatic heterocycles. The monoisotopic (exact) mass is 493 g/mol. The number of halogens is 3. The highest BCUT2D eigenvalue weighted by atomic mass is 19.4. The van der Waals surface area contributed by atoms with Crippen molar-refractivity contribution in [3.05, 3.63) is 23.8 Å². The second kappa shape index (κ2) is 14.4. The number of carbonyl (C=O) groups is 1. The molecular weight excluding hydrogens is 455 g/mol. The van der Waals surface area contributed by atoms with Gasteiger partial charge < -0.3 is 30.2 Å². The Morgan fingerprint density at radius 3 is 2.32 bits per heavy atom. The summed E-state index contributed by atoms with van der Waals surface area (Å²) in [5, 5.41) is 19.4. The number of benzene rings is 1. The Balaban J connectivity index is 2.94. The van der Waals surface area contributed by atoms with Gasteiger partial charge in [-0.25, -0.2) is 0 Å². The predicted octanol–water partition coefficient (Wildman–Crippen LogP) is 4.05. The van der Waals surface area contributed by atoms with Gasteiger partial charge in [0.2, 0.25) is 0 Å². The highest BCUT2D eigenvalue weighted by Gasteiger charge is 2.29. The topological polar surface area (TPSA) is 111 Å². The predicted molar refractivity (Wildman–Crippen MR) is 122 cm³/mol. The molecule has 4 N–H and O–H groups in total. The first kappa shape index (κ1) is 30.0. The zero-order chi connectivity index (χ0) is 25.9. The molecule has 196 valence electrons. The van der Waals surface area contributed by atoms with Gasteiger partial charge in [0.05, 0.1) is 18.6 Å². The van der Waals surface area contributed by atoms with E-state index in [-0.39, 0.29) is 36.4 Å². The molecule has 0 spiro atoms. The summed E-state index contributed by atoms with van der Waals surface area (Å²) in [6, 6.07) is 4.22. The van der Waals surface area contributed by atoms with Crippen LogP contribution in [0.15, 0.2) is 18.2 Å². The smallest absolute Gasteiger partial charge is 0.422 e. The maximum absolute atomic E-state index is 12.6. The number of rotatable bonds is 16. The van der Waals surface area contributed by atoms with Crippen LogP contribution in [0.1, 0.15) is 45.6 Å². The number of aliphatic hydroxyl groups is 1. The van der Waals surface area contributed by atoms with E-state index in [9.17, 15) is 23.1 Å². The first-order valence-corrected chi connectivity index (χ1v) is 11.4. The first-order valence-electron chi connectivity index (χ1n) is 11.4. The summed E-state index contributed by atoms with van der Waals surface area (Å²) in [5.74, 6) is -1.22.